The van der Waals surface area contributed by atoms with Crippen molar-refractivity contribution in [2.45, 2.75) is 32.1 Å². The first-order valence-electron chi connectivity index (χ1n) is 7.12. The van der Waals surface area contributed by atoms with Gasteiger partial charge in [0.2, 0.25) is 5.91 Å². The van der Waals surface area contributed by atoms with Gasteiger partial charge in [-0.2, -0.15) is 8.42 Å². The topological polar surface area (TPSA) is 72.5 Å². The van der Waals surface area contributed by atoms with Gasteiger partial charge >= 0.3 is 0 Å². The van der Waals surface area contributed by atoms with Gasteiger partial charge in [-0.3, -0.25) is 8.98 Å². The van der Waals surface area contributed by atoms with Gasteiger partial charge in [0, 0.05) is 13.0 Å². The van der Waals surface area contributed by atoms with Gasteiger partial charge < -0.3 is 5.32 Å². The summed E-state index contributed by atoms with van der Waals surface area (Å²) in [6.07, 6.45) is 4.49. The van der Waals surface area contributed by atoms with Crippen molar-refractivity contribution in [1.29, 1.82) is 0 Å². The van der Waals surface area contributed by atoms with Crippen LogP contribution in [0, 0.1) is 0 Å². The van der Waals surface area contributed by atoms with Crippen LogP contribution in [-0.2, 0) is 25.5 Å². The summed E-state index contributed by atoms with van der Waals surface area (Å²) in [4.78, 5) is 11.6. The first-order valence-corrected chi connectivity index (χ1v) is 8.94. The highest BCUT2D eigenvalue weighted by Crippen LogP contribution is 2.02. The summed E-state index contributed by atoms with van der Waals surface area (Å²) in [6, 6.07) is 10.0. The summed E-state index contributed by atoms with van der Waals surface area (Å²) in [7, 11) is -3.35. The smallest absolute Gasteiger partial charge is 0.264 e. The van der Waals surface area contributed by atoms with E-state index in [1.54, 1.807) is 0 Å². The minimum Gasteiger partial charge on any atom is -0.356 e. The minimum absolute atomic E-state index is 0.0370. The maximum Gasteiger partial charge on any atom is 0.264 e. The lowest BCUT2D eigenvalue weighted by atomic mass is 10.1. The first kappa shape index (κ1) is 17.7. The number of hydrogen-bond donors (Lipinski definition) is 1. The number of nitrogens with one attached hydrogen (secondary N) is 1. The summed E-state index contributed by atoms with van der Waals surface area (Å²) >= 11 is 0. The van der Waals surface area contributed by atoms with Crippen molar-refractivity contribution in [3.8, 4) is 0 Å². The molecule has 118 valence electrons. The molecule has 0 aliphatic heterocycles. The second-order valence-electron chi connectivity index (χ2n) is 4.92. The fourth-order valence-electron chi connectivity index (χ4n) is 1.85. The van der Waals surface area contributed by atoms with Crippen molar-refractivity contribution >= 4 is 16.0 Å². The van der Waals surface area contributed by atoms with Gasteiger partial charge in [-0.15, -0.1) is 0 Å². The van der Waals surface area contributed by atoms with E-state index in [1.807, 2.05) is 30.3 Å². The molecule has 1 aromatic carbocycles. The van der Waals surface area contributed by atoms with Crippen molar-refractivity contribution in [2.24, 2.45) is 0 Å². The molecule has 5 nitrogen and oxygen atoms in total. The Morgan fingerprint density at radius 2 is 1.86 bits per heavy atom. The fourth-order valence-corrected chi connectivity index (χ4v) is 2.27. The van der Waals surface area contributed by atoms with E-state index in [2.05, 4.69) is 9.50 Å². The Labute approximate surface area is 126 Å². The van der Waals surface area contributed by atoms with E-state index in [4.69, 9.17) is 0 Å². The molecule has 0 spiro atoms. The summed E-state index contributed by atoms with van der Waals surface area (Å²) in [5.41, 5.74) is 1.20. The maximum atomic E-state index is 11.6. The molecule has 21 heavy (non-hydrogen) atoms. The van der Waals surface area contributed by atoms with Crippen LogP contribution < -0.4 is 5.32 Å². The van der Waals surface area contributed by atoms with Crippen LogP contribution in [0.3, 0.4) is 0 Å². The van der Waals surface area contributed by atoms with Crippen molar-refractivity contribution in [3.63, 3.8) is 0 Å². The molecule has 0 bridgehead atoms. The number of benzene rings is 1. The highest BCUT2D eigenvalue weighted by Gasteiger charge is 2.03. The average molecular weight is 313 g/mol. The van der Waals surface area contributed by atoms with E-state index in [9.17, 15) is 13.2 Å². The number of amides is 1. The minimum atomic E-state index is -3.35. The SMILES string of the molecule is CS(=O)(=O)OCCCCCC(=O)NCCc1ccccc1. The van der Waals surface area contributed by atoms with Crippen LogP contribution in [0.15, 0.2) is 30.3 Å². The fraction of sp³-hybridized carbons (Fsp3) is 0.533. The Balaban J connectivity index is 1.99. The molecule has 0 aromatic heterocycles. The van der Waals surface area contributed by atoms with Crippen LogP contribution in [0.1, 0.15) is 31.2 Å². The molecular weight excluding hydrogens is 290 g/mol. The number of hydrogen-bond acceptors (Lipinski definition) is 4. The Bertz CT molecular complexity index is 514. The molecule has 0 saturated carbocycles. The zero-order valence-corrected chi connectivity index (χ0v) is 13.2. The Morgan fingerprint density at radius 3 is 2.52 bits per heavy atom. The Kier molecular flexibility index (Phi) is 8.00. The number of unbranched alkanes of at least 4 members (excludes halogenated alkanes) is 2. The largest absolute Gasteiger partial charge is 0.356 e. The second kappa shape index (κ2) is 9.52. The normalized spacial score (nSPS) is 11.3. The molecule has 1 amide bonds. The van der Waals surface area contributed by atoms with Crippen molar-refractivity contribution in [1.82, 2.24) is 5.32 Å². The molecule has 0 fully saturated rings. The quantitative estimate of drug-likeness (QED) is 0.529. The number of carbonyl (C=O) groups excluding carboxylic acids is 1. The third-order valence-electron chi connectivity index (χ3n) is 2.92. The zero-order chi connectivity index (χ0) is 15.6. The van der Waals surface area contributed by atoms with Crippen LogP contribution in [-0.4, -0.2) is 33.7 Å². The van der Waals surface area contributed by atoms with E-state index in [0.717, 1.165) is 25.5 Å². The summed E-state index contributed by atoms with van der Waals surface area (Å²) in [5.74, 6) is 0.0370. The summed E-state index contributed by atoms with van der Waals surface area (Å²) in [6.45, 7) is 0.828. The standard InChI is InChI=1S/C15H23NO4S/c1-21(18,19)20-13-7-3-6-10-15(17)16-12-11-14-8-4-2-5-9-14/h2,4-5,8-9H,3,6-7,10-13H2,1H3,(H,16,17). The molecule has 0 radical (unpaired) electrons. The molecular formula is C15H23NO4S. The van der Waals surface area contributed by atoms with E-state index >= 15 is 0 Å². The maximum absolute atomic E-state index is 11.6. The monoisotopic (exact) mass is 313 g/mol. The molecule has 1 aromatic rings. The van der Waals surface area contributed by atoms with Gasteiger partial charge in [0.05, 0.1) is 12.9 Å². The van der Waals surface area contributed by atoms with Crippen molar-refractivity contribution in [2.75, 3.05) is 19.4 Å². The third-order valence-corrected chi connectivity index (χ3v) is 3.52. The third kappa shape index (κ3) is 10.0. The van der Waals surface area contributed by atoms with Crippen molar-refractivity contribution in [3.05, 3.63) is 35.9 Å². The number of carbonyl (C=O) groups is 1. The van der Waals surface area contributed by atoms with Gasteiger partial charge in [-0.1, -0.05) is 36.8 Å². The van der Waals surface area contributed by atoms with Gasteiger partial charge in [-0.05, 0) is 24.8 Å². The lowest BCUT2D eigenvalue weighted by Gasteiger charge is -2.05. The average Bonchev–Trinajstić information content (AvgIpc) is 2.43. The van der Waals surface area contributed by atoms with Crippen LogP contribution in [0.5, 0.6) is 0 Å². The highest BCUT2D eigenvalue weighted by molar-refractivity contribution is 7.85. The van der Waals surface area contributed by atoms with Crippen molar-refractivity contribution < 1.29 is 17.4 Å². The van der Waals surface area contributed by atoms with Gasteiger partial charge in [0.15, 0.2) is 0 Å². The molecule has 0 aliphatic carbocycles. The molecule has 0 atom stereocenters. The van der Waals surface area contributed by atoms with Gasteiger partial charge in [-0.25, -0.2) is 0 Å². The predicted octanol–water partition coefficient (Wildman–Crippen LogP) is 1.88. The van der Waals surface area contributed by atoms with Crippen LogP contribution in [0.4, 0.5) is 0 Å². The summed E-state index contributed by atoms with van der Waals surface area (Å²) < 4.78 is 26.1. The van der Waals surface area contributed by atoms with Crippen LogP contribution >= 0.6 is 0 Å². The molecule has 0 aliphatic rings. The van der Waals surface area contributed by atoms with E-state index in [0.29, 0.717) is 19.4 Å². The van der Waals surface area contributed by atoms with Gasteiger partial charge in [0.1, 0.15) is 0 Å². The molecule has 6 heteroatoms. The summed E-state index contributed by atoms with van der Waals surface area (Å²) in [5, 5.41) is 2.88. The highest BCUT2D eigenvalue weighted by atomic mass is 32.2. The van der Waals surface area contributed by atoms with Crippen LogP contribution in [0.2, 0.25) is 0 Å². The zero-order valence-electron chi connectivity index (χ0n) is 12.4. The first-order chi connectivity index (χ1) is 9.97. The number of rotatable bonds is 10. The van der Waals surface area contributed by atoms with Gasteiger partial charge in [0.25, 0.3) is 10.1 Å². The molecule has 0 unspecified atom stereocenters. The predicted molar refractivity (Wildman–Crippen MR) is 82.4 cm³/mol. The molecule has 0 saturated heterocycles. The Morgan fingerprint density at radius 1 is 1.14 bits per heavy atom. The van der Waals surface area contributed by atoms with E-state index in [-0.39, 0.29) is 12.5 Å². The lowest BCUT2D eigenvalue weighted by molar-refractivity contribution is -0.121. The van der Waals surface area contributed by atoms with E-state index in [1.165, 1.54) is 5.56 Å². The lowest BCUT2D eigenvalue weighted by Crippen LogP contribution is -2.25. The Hall–Kier alpha value is -1.40. The second-order valence-corrected chi connectivity index (χ2v) is 6.57. The molecule has 0 heterocycles. The van der Waals surface area contributed by atoms with E-state index < -0.39 is 10.1 Å². The molecule has 1 N–H and O–H groups in total. The molecule has 1 rings (SSSR count). The van der Waals surface area contributed by atoms with Crippen LogP contribution in [0.25, 0.3) is 0 Å².